The van der Waals surface area contributed by atoms with E-state index < -0.39 is 11.6 Å². The van der Waals surface area contributed by atoms with Crippen molar-refractivity contribution in [1.82, 2.24) is 4.98 Å². The molecule has 0 aliphatic rings. The standard InChI is InChI=1S/C13H11FN2O/c1-8-2-3-12(15)10(6-8)13(17)9-4-5-16-7-11(9)14/h2-7H,15H2,1H3. The van der Waals surface area contributed by atoms with Gasteiger partial charge in [0, 0.05) is 17.4 Å². The van der Waals surface area contributed by atoms with Crippen LogP contribution in [0.3, 0.4) is 0 Å². The molecular weight excluding hydrogens is 219 g/mol. The smallest absolute Gasteiger partial charge is 0.198 e. The van der Waals surface area contributed by atoms with Crippen LogP contribution in [0.5, 0.6) is 0 Å². The van der Waals surface area contributed by atoms with Crippen LogP contribution in [0.1, 0.15) is 21.5 Å². The van der Waals surface area contributed by atoms with Gasteiger partial charge in [-0.2, -0.15) is 0 Å². The molecule has 3 nitrogen and oxygen atoms in total. The van der Waals surface area contributed by atoms with Crippen LogP contribution in [0.25, 0.3) is 0 Å². The molecule has 0 aliphatic heterocycles. The fourth-order valence-corrected chi connectivity index (χ4v) is 1.57. The van der Waals surface area contributed by atoms with Crippen LogP contribution in [-0.2, 0) is 0 Å². The second-order valence-corrected chi connectivity index (χ2v) is 3.78. The van der Waals surface area contributed by atoms with Crippen LogP contribution >= 0.6 is 0 Å². The molecule has 0 saturated carbocycles. The van der Waals surface area contributed by atoms with Gasteiger partial charge in [0.25, 0.3) is 0 Å². The normalized spacial score (nSPS) is 10.2. The monoisotopic (exact) mass is 230 g/mol. The van der Waals surface area contributed by atoms with Gasteiger partial charge < -0.3 is 5.73 Å². The number of rotatable bonds is 2. The quantitative estimate of drug-likeness (QED) is 0.636. The number of aromatic nitrogens is 1. The lowest BCUT2D eigenvalue weighted by Crippen LogP contribution is -2.08. The van der Waals surface area contributed by atoms with E-state index in [4.69, 9.17) is 5.73 Å². The maximum absolute atomic E-state index is 13.4. The van der Waals surface area contributed by atoms with Gasteiger partial charge in [0.1, 0.15) is 0 Å². The SMILES string of the molecule is Cc1ccc(N)c(C(=O)c2ccncc2F)c1. The molecule has 0 unspecified atom stereocenters. The van der Waals surface area contributed by atoms with Gasteiger partial charge in [-0.05, 0) is 25.1 Å². The highest BCUT2D eigenvalue weighted by atomic mass is 19.1. The minimum absolute atomic E-state index is 0.0164. The summed E-state index contributed by atoms with van der Waals surface area (Å²) in [5.74, 6) is -1.07. The number of halogens is 1. The number of nitrogen functional groups attached to an aromatic ring is 1. The average molecular weight is 230 g/mol. The molecule has 1 aromatic heterocycles. The molecule has 2 N–H and O–H groups in total. The Labute approximate surface area is 98.1 Å². The average Bonchev–Trinajstić information content (AvgIpc) is 2.32. The molecule has 0 spiro atoms. The number of hydrogen-bond acceptors (Lipinski definition) is 3. The lowest BCUT2D eigenvalue weighted by atomic mass is 10.0. The van der Waals surface area contributed by atoms with Crippen molar-refractivity contribution in [3.63, 3.8) is 0 Å². The van der Waals surface area contributed by atoms with Crippen LogP contribution in [0, 0.1) is 12.7 Å². The van der Waals surface area contributed by atoms with Crippen molar-refractivity contribution in [1.29, 1.82) is 0 Å². The van der Waals surface area contributed by atoms with E-state index in [0.29, 0.717) is 11.3 Å². The molecule has 4 heteroatoms. The number of benzene rings is 1. The third-order valence-electron chi connectivity index (χ3n) is 2.47. The maximum atomic E-state index is 13.4. The minimum atomic E-state index is -0.640. The van der Waals surface area contributed by atoms with Crippen molar-refractivity contribution in [2.24, 2.45) is 0 Å². The lowest BCUT2D eigenvalue weighted by molar-refractivity contribution is 0.103. The Balaban J connectivity index is 2.51. The zero-order valence-electron chi connectivity index (χ0n) is 9.27. The second-order valence-electron chi connectivity index (χ2n) is 3.78. The Hall–Kier alpha value is -2.23. The molecular formula is C13H11FN2O. The van der Waals surface area contributed by atoms with E-state index in [-0.39, 0.29) is 5.56 Å². The van der Waals surface area contributed by atoms with Gasteiger partial charge in [-0.1, -0.05) is 11.6 Å². The fraction of sp³-hybridized carbons (Fsp3) is 0.0769. The Bertz CT molecular complexity index is 581. The van der Waals surface area contributed by atoms with Gasteiger partial charge in [-0.25, -0.2) is 4.39 Å². The molecule has 2 aromatic rings. The summed E-state index contributed by atoms with van der Waals surface area (Å²) in [7, 11) is 0. The Morgan fingerprint density at radius 2 is 2.06 bits per heavy atom. The molecule has 17 heavy (non-hydrogen) atoms. The molecule has 0 saturated heterocycles. The Morgan fingerprint density at radius 3 is 2.76 bits per heavy atom. The van der Waals surface area contributed by atoms with Crippen LogP contribution in [0.4, 0.5) is 10.1 Å². The topological polar surface area (TPSA) is 56.0 Å². The molecule has 2 rings (SSSR count). The minimum Gasteiger partial charge on any atom is -0.398 e. The highest BCUT2D eigenvalue weighted by Crippen LogP contribution is 2.19. The highest BCUT2D eigenvalue weighted by Gasteiger charge is 2.16. The zero-order valence-corrected chi connectivity index (χ0v) is 9.27. The van der Waals surface area contributed by atoms with E-state index in [1.54, 1.807) is 18.2 Å². The van der Waals surface area contributed by atoms with Crippen molar-refractivity contribution >= 4 is 11.5 Å². The molecule has 0 bridgehead atoms. The zero-order chi connectivity index (χ0) is 12.4. The number of carbonyl (C=O) groups is 1. The number of nitrogens with zero attached hydrogens (tertiary/aromatic N) is 1. The van der Waals surface area contributed by atoms with Crippen molar-refractivity contribution < 1.29 is 9.18 Å². The Kier molecular flexibility index (Phi) is 2.87. The lowest BCUT2D eigenvalue weighted by Gasteiger charge is -2.06. The van der Waals surface area contributed by atoms with Gasteiger partial charge in [0.05, 0.1) is 11.8 Å². The Morgan fingerprint density at radius 1 is 1.29 bits per heavy atom. The van der Waals surface area contributed by atoms with Crippen LogP contribution in [-0.4, -0.2) is 10.8 Å². The van der Waals surface area contributed by atoms with Crippen molar-refractivity contribution in [3.8, 4) is 0 Å². The summed E-state index contributed by atoms with van der Waals surface area (Å²) in [5, 5.41) is 0. The number of carbonyl (C=O) groups excluding carboxylic acids is 1. The van der Waals surface area contributed by atoms with E-state index in [9.17, 15) is 9.18 Å². The summed E-state index contributed by atoms with van der Waals surface area (Å²) in [6.45, 7) is 1.85. The first-order valence-corrected chi connectivity index (χ1v) is 5.10. The van der Waals surface area contributed by atoms with Gasteiger partial charge in [-0.3, -0.25) is 9.78 Å². The molecule has 0 fully saturated rings. The largest absolute Gasteiger partial charge is 0.398 e. The van der Waals surface area contributed by atoms with Gasteiger partial charge in [-0.15, -0.1) is 0 Å². The van der Waals surface area contributed by atoms with E-state index in [1.165, 1.54) is 12.3 Å². The molecule has 86 valence electrons. The van der Waals surface area contributed by atoms with Crippen LogP contribution in [0.15, 0.2) is 36.7 Å². The van der Waals surface area contributed by atoms with Crippen molar-refractivity contribution in [3.05, 3.63) is 59.2 Å². The van der Waals surface area contributed by atoms with Gasteiger partial charge in [0.2, 0.25) is 0 Å². The number of hydrogen-bond donors (Lipinski definition) is 1. The van der Waals surface area contributed by atoms with E-state index in [0.717, 1.165) is 11.8 Å². The predicted molar refractivity (Wildman–Crippen MR) is 63.2 cm³/mol. The summed E-state index contributed by atoms with van der Waals surface area (Å²) in [5.41, 5.74) is 7.26. The summed E-state index contributed by atoms with van der Waals surface area (Å²) in [4.78, 5) is 15.7. The summed E-state index contributed by atoms with van der Waals surface area (Å²) >= 11 is 0. The fourth-order valence-electron chi connectivity index (χ4n) is 1.57. The highest BCUT2D eigenvalue weighted by molar-refractivity contribution is 6.12. The van der Waals surface area contributed by atoms with E-state index in [1.807, 2.05) is 6.92 Å². The summed E-state index contributed by atoms with van der Waals surface area (Å²) < 4.78 is 13.4. The molecule has 1 aromatic carbocycles. The van der Waals surface area contributed by atoms with Gasteiger partial charge >= 0.3 is 0 Å². The third kappa shape index (κ3) is 2.15. The molecule has 0 atom stereocenters. The summed E-state index contributed by atoms with van der Waals surface area (Å²) in [6, 6.07) is 6.44. The molecule has 0 amide bonds. The number of nitrogens with two attached hydrogens (primary N) is 1. The van der Waals surface area contributed by atoms with Crippen LogP contribution in [0.2, 0.25) is 0 Å². The third-order valence-corrected chi connectivity index (χ3v) is 2.47. The maximum Gasteiger partial charge on any atom is 0.198 e. The van der Waals surface area contributed by atoms with Crippen molar-refractivity contribution in [2.45, 2.75) is 6.92 Å². The molecule has 1 heterocycles. The number of ketones is 1. The second kappa shape index (κ2) is 4.33. The van der Waals surface area contributed by atoms with E-state index in [2.05, 4.69) is 4.98 Å². The first-order valence-electron chi connectivity index (χ1n) is 5.10. The predicted octanol–water partition coefficient (Wildman–Crippen LogP) is 2.34. The number of aryl methyl sites for hydroxylation is 1. The molecule has 0 aliphatic carbocycles. The first kappa shape index (κ1) is 11.3. The van der Waals surface area contributed by atoms with Crippen LogP contribution < -0.4 is 5.73 Å². The number of pyridine rings is 1. The first-order chi connectivity index (χ1) is 8.09. The van der Waals surface area contributed by atoms with Gasteiger partial charge in [0.15, 0.2) is 11.6 Å². The molecule has 0 radical (unpaired) electrons. The van der Waals surface area contributed by atoms with Crippen molar-refractivity contribution in [2.75, 3.05) is 5.73 Å². The number of anilines is 1. The summed E-state index contributed by atoms with van der Waals surface area (Å²) in [6.07, 6.45) is 2.39. The van der Waals surface area contributed by atoms with E-state index >= 15 is 0 Å².